The fourth-order valence-electron chi connectivity index (χ4n) is 3.05. The Morgan fingerprint density at radius 1 is 1.12 bits per heavy atom. The lowest BCUT2D eigenvalue weighted by Crippen LogP contribution is -2.21. The summed E-state index contributed by atoms with van der Waals surface area (Å²) in [4.78, 5) is 11.9. The minimum atomic E-state index is 0.281. The van der Waals surface area contributed by atoms with Gasteiger partial charge in [0.1, 0.15) is 5.78 Å². The Kier molecular flexibility index (Phi) is 3.66. The molecular formula is C16H22O. The Balaban J connectivity index is 2.20. The summed E-state index contributed by atoms with van der Waals surface area (Å²) in [6, 6.07) is 4.46. The van der Waals surface area contributed by atoms with Crippen molar-refractivity contribution in [1.29, 1.82) is 0 Å². The summed E-state index contributed by atoms with van der Waals surface area (Å²) in [6.07, 6.45) is 5.17. The molecule has 1 aromatic carbocycles. The Morgan fingerprint density at radius 2 is 1.76 bits per heavy atom. The van der Waals surface area contributed by atoms with Crippen LogP contribution in [0, 0.1) is 26.7 Å². The van der Waals surface area contributed by atoms with E-state index in [1.165, 1.54) is 28.7 Å². The van der Waals surface area contributed by atoms with Crippen molar-refractivity contribution in [3.05, 3.63) is 34.4 Å². The SMILES string of the molecule is Cc1cc(C)c(CC2CCCCC2=O)c(C)c1. The van der Waals surface area contributed by atoms with Crippen LogP contribution in [0.15, 0.2) is 12.1 Å². The third-order valence-electron chi connectivity index (χ3n) is 3.97. The zero-order valence-electron chi connectivity index (χ0n) is 11.2. The number of rotatable bonds is 2. The van der Waals surface area contributed by atoms with Crippen LogP contribution in [-0.4, -0.2) is 5.78 Å². The van der Waals surface area contributed by atoms with E-state index in [-0.39, 0.29) is 5.92 Å². The molecule has 0 aliphatic heterocycles. The molecule has 0 N–H and O–H groups in total. The maximum atomic E-state index is 11.9. The number of carbonyl (C=O) groups is 1. The lowest BCUT2D eigenvalue weighted by Gasteiger charge is -2.22. The summed E-state index contributed by atoms with van der Waals surface area (Å²) in [7, 11) is 0. The van der Waals surface area contributed by atoms with Crippen molar-refractivity contribution in [3.63, 3.8) is 0 Å². The minimum Gasteiger partial charge on any atom is -0.299 e. The standard InChI is InChI=1S/C16H22O/c1-11-8-12(2)15(13(3)9-11)10-14-6-4-5-7-16(14)17/h8-9,14H,4-7,10H2,1-3H3. The Hall–Kier alpha value is -1.11. The fraction of sp³-hybridized carbons (Fsp3) is 0.562. The summed E-state index contributed by atoms with van der Waals surface area (Å²) < 4.78 is 0. The Morgan fingerprint density at radius 3 is 2.35 bits per heavy atom. The van der Waals surface area contributed by atoms with Crippen molar-refractivity contribution in [1.82, 2.24) is 0 Å². The fourth-order valence-corrected chi connectivity index (χ4v) is 3.05. The van der Waals surface area contributed by atoms with Crippen LogP contribution in [0.4, 0.5) is 0 Å². The lowest BCUT2D eigenvalue weighted by molar-refractivity contribution is -0.124. The molecule has 1 unspecified atom stereocenters. The summed E-state index contributed by atoms with van der Waals surface area (Å²) in [6.45, 7) is 6.47. The topological polar surface area (TPSA) is 17.1 Å². The maximum absolute atomic E-state index is 11.9. The number of benzene rings is 1. The zero-order chi connectivity index (χ0) is 12.4. The van der Waals surface area contributed by atoms with Gasteiger partial charge in [0, 0.05) is 12.3 Å². The maximum Gasteiger partial charge on any atom is 0.136 e. The second kappa shape index (κ2) is 5.03. The number of ketones is 1. The molecular weight excluding hydrogens is 208 g/mol. The first-order valence-electron chi connectivity index (χ1n) is 6.67. The highest BCUT2D eigenvalue weighted by atomic mass is 16.1. The van der Waals surface area contributed by atoms with E-state index in [0.717, 1.165) is 25.7 Å². The zero-order valence-corrected chi connectivity index (χ0v) is 11.2. The van der Waals surface area contributed by atoms with Gasteiger partial charge in [-0.25, -0.2) is 0 Å². The molecule has 2 rings (SSSR count). The molecule has 0 heterocycles. The third-order valence-corrected chi connectivity index (χ3v) is 3.97. The highest BCUT2D eigenvalue weighted by Gasteiger charge is 2.23. The smallest absolute Gasteiger partial charge is 0.136 e. The highest BCUT2D eigenvalue weighted by Crippen LogP contribution is 2.27. The number of aryl methyl sites for hydroxylation is 3. The molecule has 92 valence electrons. The predicted molar refractivity (Wildman–Crippen MR) is 71.3 cm³/mol. The number of hydrogen-bond donors (Lipinski definition) is 0. The Labute approximate surface area is 104 Å². The van der Waals surface area contributed by atoms with E-state index in [0.29, 0.717) is 5.78 Å². The van der Waals surface area contributed by atoms with Crippen LogP contribution in [0.1, 0.15) is 47.9 Å². The minimum absolute atomic E-state index is 0.281. The third kappa shape index (κ3) is 2.77. The molecule has 1 atom stereocenters. The number of Topliss-reactive ketones (excluding diaryl/α,β-unsaturated/α-hetero) is 1. The first-order valence-corrected chi connectivity index (χ1v) is 6.67. The van der Waals surface area contributed by atoms with Crippen molar-refractivity contribution in [2.45, 2.75) is 52.9 Å². The molecule has 0 aromatic heterocycles. The van der Waals surface area contributed by atoms with Crippen LogP contribution in [0.5, 0.6) is 0 Å². The van der Waals surface area contributed by atoms with Gasteiger partial charge in [0.05, 0.1) is 0 Å². The molecule has 1 saturated carbocycles. The molecule has 0 saturated heterocycles. The van der Waals surface area contributed by atoms with Crippen LogP contribution in [-0.2, 0) is 11.2 Å². The average Bonchev–Trinajstić information content (AvgIpc) is 2.25. The van der Waals surface area contributed by atoms with Crippen LogP contribution in [0.25, 0.3) is 0 Å². The molecule has 1 aliphatic rings. The lowest BCUT2D eigenvalue weighted by atomic mass is 9.81. The molecule has 0 amide bonds. The first-order chi connectivity index (χ1) is 8.08. The Bertz CT molecular complexity index is 408. The van der Waals surface area contributed by atoms with E-state index in [2.05, 4.69) is 32.9 Å². The van der Waals surface area contributed by atoms with Gasteiger partial charge in [0.25, 0.3) is 0 Å². The molecule has 0 spiro atoms. The van der Waals surface area contributed by atoms with E-state index >= 15 is 0 Å². The molecule has 1 nitrogen and oxygen atoms in total. The van der Waals surface area contributed by atoms with E-state index in [9.17, 15) is 4.79 Å². The van der Waals surface area contributed by atoms with Crippen LogP contribution < -0.4 is 0 Å². The van der Waals surface area contributed by atoms with Gasteiger partial charge in [0.15, 0.2) is 0 Å². The molecule has 1 heteroatoms. The van der Waals surface area contributed by atoms with Gasteiger partial charge < -0.3 is 0 Å². The predicted octanol–water partition coefficient (Wildman–Crippen LogP) is 3.91. The summed E-state index contributed by atoms with van der Waals surface area (Å²) >= 11 is 0. The van der Waals surface area contributed by atoms with Crippen LogP contribution >= 0.6 is 0 Å². The second-order valence-corrected chi connectivity index (χ2v) is 5.49. The largest absolute Gasteiger partial charge is 0.299 e. The van der Waals surface area contributed by atoms with E-state index in [4.69, 9.17) is 0 Å². The normalized spacial score (nSPS) is 20.6. The first kappa shape index (κ1) is 12.3. The van der Waals surface area contributed by atoms with Crippen molar-refractivity contribution < 1.29 is 4.79 Å². The van der Waals surface area contributed by atoms with Gasteiger partial charge >= 0.3 is 0 Å². The van der Waals surface area contributed by atoms with Crippen molar-refractivity contribution in [3.8, 4) is 0 Å². The molecule has 1 fully saturated rings. The van der Waals surface area contributed by atoms with Gasteiger partial charge in [0.2, 0.25) is 0 Å². The summed E-state index contributed by atoms with van der Waals surface area (Å²) in [5, 5.41) is 0. The summed E-state index contributed by atoms with van der Waals surface area (Å²) in [5.74, 6) is 0.763. The van der Waals surface area contributed by atoms with E-state index in [1.54, 1.807) is 0 Å². The molecule has 1 aromatic rings. The number of carbonyl (C=O) groups excluding carboxylic acids is 1. The monoisotopic (exact) mass is 230 g/mol. The highest BCUT2D eigenvalue weighted by molar-refractivity contribution is 5.82. The van der Waals surface area contributed by atoms with E-state index in [1.807, 2.05) is 0 Å². The molecule has 0 bridgehead atoms. The molecule has 1 aliphatic carbocycles. The summed E-state index contributed by atoms with van der Waals surface area (Å²) in [5.41, 5.74) is 5.41. The second-order valence-electron chi connectivity index (χ2n) is 5.49. The molecule has 17 heavy (non-hydrogen) atoms. The van der Waals surface area contributed by atoms with Crippen molar-refractivity contribution >= 4 is 5.78 Å². The quantitative estimate of drug-likeness (QED) is 0.752. The van der Waals surface area contributed by atoms with Gasteiger partial charge in [-0.3, -0.25) is 4.79 Å². The van der Waals surface area contributed by atoms with Gasteiger partial charge in [-0.1, -0.05) is 24.1 Å². The van der Waals surface area contributed by atoms with Gasteiger partial charge in [-0.05, 0) is 56.7 Å². The van der Waals surface area contributed by atoms with Crippen LogP contribution in [0.2, 0.25) is 0 Å². The van der Waals surface area contributed by atoms with Gasteiger partial charge in [-0.15, -0.1) is 0 Å². The van der Waals surface area contributed by atoms with Gasteiger partial charge in [-0.2, -0.15) is 0 Å². The van der Waals surface area contributed by atoms with E-state index < -0.39 is 0 Å². The van der Waals surface area contributed by atoms with Crippen molar-refractivity contribution in [2.75, 3.05) is 0 Å². The molecule has 0 radical (unpaired) electrons. The number of hydrogen-bond acceptors (Lipinski definition) is 1. The average molecular weight is 230 g/mol. The van der Waals surface area contributed by atoms with Crippen LogP contribution in [0.3, 0.4) is 0 Å². The van der Waals surface area contributed by atoms with Crippen molar-refractivity contribution in [2.24, 2.45) is 5.92 Å².